The van der Waals surface area contributed by atoms with Gasteiger partial charge in [-0.2, -0.15) is 0 Å². The number of anilines is 1. The van der Waals surface area contributed by atoms with E-state index in [0.717, 1.165) is 0 Å². The van der Waals surface area contributed by atoms with E-state index in [4.69, 9.17) is 0 Å². The smallest absolute Gasteiger partial charge is 0.0595 e. The molecule has 0 aromatic heterocycles. The van der Waals surface area contributed by atoms with Crippen LogP contribution >= 0.6 is 0 Å². The first-order valence-corrected chi connectivity index (χ1v) is 7.93. The molecule has 3 aromatic rings. The van der Waals surface area contributed by atoms with E-state index in [1.807, 2.05) is 0 Å². The highest BCUT2D eigenvalue weighted by Gasteiger charge is 2.46. The molecule has 2 aliphatic rings. The molecule has 1 aliphatic heterocycles. The van der Waals surface area contributed by atoms with Crippen molar-refractivity contribution in [1.29, 1.82) is 0 Å². The van der Waals surface area contributed by atoms with Gasteiger partial charge in [-0.3, -0.25) is 0 Å². The summed E-state index contributed by atoms with van der Waals surface area (Å²) >= 11 is 0. The third kappa shape index (κ3) is 1.54. The van der Waals surface area contributed by atoms with Crippen molar-refractivity contribution in [3.05, 3.63) is 101 Å². The van der Waals surface area contributed by atoms with Crippen LogP contribution in [0.15, 0.2) is 78.9 Å². The van der Waals surface area contributed by atoms with Crippen molar-refractivity contribution in [2.45, 2.75) is 17.9 Å². The second kappa shape index (κ2) is 4.48. The molecule has 0 saturated carbocycles. The van der Waals surface area contributed by atoms with E-state index in [1.54, 1.807) is 0 Å². The Bertz CT molecular complexity index is 837. The highest BCUT2D eigenvalue weighted by molar-refractivity contribution is 5.67. The zero-order chi connectivity index (χ0) is 14.5. The topological polar surface area (TPSA) is 12.0 Å². The highest BCUT2D eigenvalue weighted by Crippen LogP contribution is 2.59. The van der Waals surface area contributed by atoms with Crippen molar-refractivity contribution in [3.63, 3.8) is 0 Å². The molecule has 1 heteroatoms. The SMILES string of the molecule is c1ccc(C2c3ccccc3C3Nc4ccccc4C32)cc1. The highest BCUT2D eigenvalue weighted by atomic mass is 15.0. The maximum absolute atomic E-state index is 3.75. The van der Waals surface area contributed by atoms with Gasteiger partial charge in [0.05, 0.1) is 6.04 Å². The first kappa shape index (κ1) is 12.0. The van der Waals surface area contributed by atoms with Gasteiger partial charge in [-0.15, -0.1) is 0 Å². The summed E-state index contributed by atoms with van der Waals surface area (Å²) in [4.78, 5) is 0. The fourth-order valence-electron chi connectivity index (χ4n) is 4.32. The zero-order valence-electron chi connectivity index (χ0n) is 12.2. The summed E-state index contributed by atoms with van der Waals surface area (Å²) in [5.74, 6) is 0.939. The van der Waals surface area contributed by atoms with Crippen molar-refractivity contribution >= 4 is 5.69 Å². The average molecular weight is 283 g/mol. The van der Waals surface area contributed by atoms with Gasteiger partial charge in [0.1, 0.15) is 0 Å². The molecule has 22 heavy (non-hydrogen) atoms. The fourth-order valence-corrected chi connectivity index (χ4v) is 4.32. The number of rotatable bonds is 1. The summed E-state index contributed by atoms with van der Waals surface area (Å²) in [5.41, 5.74) is 7.11. The minimum absolute atomic E-state index is 0.402. The van der Waals surface area contributed by atoms with Crippen LogP contribution in [0.25, 0.3) is 0 Å². The Balaban J connectivity index is 1.75. The predicted molar refractivity (Wildman–Crippen MR) is 90.3 cm³/mol. The average Bonchev–Trinajstić information content (AvgIpc) is 3.10. The third-order valence-corrected chi connectivity index (χ3v) is 5.17. The van der Waals surface area contributed by atoms with Crippen LogP contribution in [-0.4, -0.2) is 0 Å². The van der Waals surface area contributed by atoms with Crippen LogP contribution in [0.3, 0.4) is 0 Å². The molecule has 1 nitrogen and oxygen atoms in total. The maximum Gasteiger partial charge on any atom is 0.0595 e. The van der Waals surface area contributed by atoms with Crippen LogP contribution in [-0.2, 0) is 0 Å². The largest absolute Gasteiger partial charge is 0.377 e. The predicted octanol–water partition coefficient (Wildman–Crippen LogP) is 5.08. The minimum Gasteiger partial charge on any atom is -0.377 e. The summed E-state index contributed by atoms with van der Waals surface area (Å²) in [7, 11) is 0. The van der Waals surface area contributed by atoms with Crippen molar-refractivity contribution in [2.24, 2.45) is 0 Å². The normalized spacial score (nSPS) is 24.3. The van der Waals surface area contributed by atoms with Crippen molar-refractivity contribution in [2.75, 3.05) is 5.32 Å². The molecule has 0 fully saturated rings. The van der Waals surface area contributed by atoms with E-state index in [0.29, 0.717) is 17.9 Å². The van der Waals surface area contributed by atoms with E-state index in [9.17, 15) is 0 Å². The van der Waals surface area contributed by atoms with Gasteiger partial charge in [0.2, 0.25) is 0 Å². The van der Waals surface area contributed by atoms with Crippen molar-refractivity contribution in [3.8, 4) is 0 Å². The Hall–Kier alpha value is -2.54. The number of para-hydroxylation sites is 1. The summed E-state index contributed by atoms with van der Waals surface area (Å²) < 4.78 is 0. The van der Waals surface area contributed by atoms with E-state index in [-0.39, 0.29) is 0 Å². The van der Waals surface area contributed by atoms with Crippen LogP contribution in [0, 0.1) is 0 Å². The van der Waals surface area contributed by atoms with E-state index >= 15 is 0 Å². The zero-order valence-corrected chi connectivity index (χ0v) is 12.2. The Labute approximate surface area is 130 Å². The van der Waals surface area contributed by atoms with Gasteiger partial charge >= 0.3 is 0 Å². The molecule has 3 aromatic carbocycles. The standard InChI is InChI=1S/C21H17N/c1-2-8-14(9-3-1)19-15-10-4-5-11-16(15)21-20(19)17-12-6-7-13-18(17)22-21/h1-13,19-22H. The second-order valence-corrected chi connectivity index (χ2v) is 6.25. The molecule has 0 amide bonds. The van der Waals surface area contributed by atoms with Gasteiger partial charge < -0.3 is 5.32 Å². The second-order valence-electron chi connectivity index (χ2n) is 6.25. The van der Waals surface area contributed by atoms with Gasteiger partial charge in [0.15, 0.2) is 0 Å². The molecular formula is C21H17N. The Morgan fingerprint density at radius 3 is 2.05 bits per heavy atom. The van der Waals surface area contributed by atoms with Gasteiger partial charge in [0, 0.05) is 17.5 Å². The van der Waals surface area contributed by atoms with Gasteiger partial charge in [-0.05, 0) is 28.3 Å². The lowest BCUT2D eigenvalue weighted by Gasteiger charge is -2.20. The van der Waals surface area contributed by atoms with Crippen LogP contribution in [0.5, 0.6) is 0 Å². The summed E-state index contributed by atoms with van der Waals surface area (Å²) in [6.07, 6.45) is 0. The number of benzene rings is 3. The van der Waals surface area contributed by atoms with Gasteiger partial charge in [-0.1, -0.05) is 72.8 Å². The molecule has 1 heterocycles. The number of fused-ring (bicyclic) bond motifs is 5. The minimum atomic E-state index is 0.402. The summed E-state index contributed by atoms with van der Waals surface area (Å²) in [6.45, 7) is 0. The van der Waals surface area contributed by atoms with Gasteiger partial charge in [-0.25, -0.2) is 0 Å². The fraction of sp³-hybridized carbons (Fsp3) is 0.143. The first-order chi connectivity index (χ1) is 10.9. The lowest BCUT2D eigenvalue weighted by atomic mass is 9.82. The molecule has 0 bridgehead atoms. The molecule has 106 valence electrons. The molecular weight excluding hydrogens is 266 g/mol. The maximum atomic E-state index is 3.75. The summed E-state index contributed by atoms with van der Waals surface area (Å²) in [5, 5.41) is 3.75. The van der Waals surface area contributed by atoms with Crippen molar-refractivity contribution < 1.29 is 0 Å². The molecule has 5 rings (SSSR count). The monoisotopic (exact) mass is 283 g/mol. The quantitative estimate of drug-likeness (QED) is 0.656. The van der Waals surface area contributed by atoms with Crippen LogP contribution in [0.4, 0.5) is 5.69 Å². The Morgan fingerprint density at radius 2 is 1.23 bits per heavy atom. The lowest BCUT2D eigenvalue weighted by molar-refractivity contribution is 0.613. The Kier molecular flexibility index (Phi) is 2.45. The van der Waals surface area contributed by atoms with Gasteiger partial charge in [0.25, 0.3) is 0 Å². The number of hydrogen-bond acceptors (Lipinski definition) is 1. The molecule has 1 aliphatic carbocycles. The van der Waals surface area contributed by atoms with Crippen LogP contribution in [0.1, 0.15) is 40.1 Å². The van der Waals surface area contributed by atoms with Crippen LogP contribution in [0.2, 0.25) is 0 Å². The Morgan fingerprint density at radius 1 is 0.591 bits per heavy atom. The lowest BCUT2D eigenvalue weighted by Crippen LogP contribution is -2.09. The van der Waals surface area contributed by atoms with Crippen molar-refractivity contribution in [1.82, 2.24) is 0 Å². The van der Waals surface area contributed by atoms with E-state index in [2.05, 4.69) is 84.2 Å². The number of nitrogens with one attached hydrogen (secondary N) is 1. The van der Waals surface area contributed by atoms with E-state index < -0.39 is 0 Å². The number of hydrogen-bond donors (Lipinski definition) is 1. The molecule has 1 N–H and O–H groups in total. The van der Waals surface area contributed by atoms with Crippen LogP contribution < -0.4 is 5.32 Å². The molecule has 3 unspecified atom stereocenters. The first-order valence-electron chi connectivity index (χ1n) is 7.93. The molecule has 0 spiro atoms. The third-order valence-electron chi connectivity index (χ3n) is 5.17. The molecule has 0 saturated heterocycles. The molecule has 3 atom stereocenters. The summed E-state index contributed by atoms with van der Waals surface area (Å²) in [6, 6.07) is 29.0. The molecule has 0 radical (unpaired) electrons. The van der Waals surface area contributed by atoms with E-state index in [1.165, 1.54) is 27.9 Å².